The van der Waals surface area contributed by atoms with E-state index < -0.39 is 11.6 Å². The lowest BCUT2D eigenvalue weighted by Gasteiger charge is -1.97. The molecule has 7 heteroatoms. The van der Waals surface area contributed by atoms with E-state index in [-0.39, 0.29) is 17.1 Å². The summed E-state index contributed by atoms with van der Waals surface area (Å²) in [5, 5.41) is 15.0. The van der Waals surface area contributed by atoms with Crippen molar-refractivity contribution in [3.8, 4) is 6.07 Å². The van der Waals surface area contributed by atoms with Crippen molar-refractivity contribution in [2.45, 2.75) is 0 Å². The smallest absolute Gasteiger partial charge is 0.211 e. The summed E-state index contributed by atoms with van der Waals surface area (Å²) in [7, 11) is 0. The fourth-order valence-corrected chi connectivity index (χ4v) is 0.905. The van der Waals surface area contributed by atoms with Gasteiger partial charge in [0.25, 0.3) is 0 Å². The Bertz CT molecular complexity index is 497. The monoisotopic (exact) mass is 223 g/mol. The van der Waals surface area contributed by atoms with Gasteiger partial charge in [0, 0.05) is 5.56 Å². The number of benzene rings is 1. The summed E-state index contributed by atoms with van der Waals surface area (Å²) < 4.78 is 26.3. The number of rotatable bonds is 2. The molecule has 0 spiro atoms. The molecule has 5 nitrogen and oxygen atoms in total. The highest BCUT2D eigenvalue weighted by molar-refractivity contribution is 5.82. The predicted molar refractivity (Wildman–Crippen MR) is 54.5 cm³/mol. The van der Waals surface area contributed by atoms with Crippen LogP contribution >= 0.6 is 0 Å². The number of nitrogens with zero attached hydrogens (tertiary/aromatic N) is 3. The number of nitriles is 1. The molecule has 0 heterocycles. The summed E-state index contributed by atoms with van der Waals surface area (Å²) in [4.78, 5) is 0. The topological polar surface area (TPSA) is 101 Å². The molecule has 4 N–H and O–H groups in total. The fourth-order valence-electron chi connectivity index (χ4n) is 0.905. The first-order valence-corrected chi connectivity index (χ1v) is 4.05. The first-order valence-electron chi connectivity index (χ1n) is 4.05. The van der Waals surface area contributed by atoms with E-state index in [0.717, 1.165) is 18.3 Å². The van der Waals surface area contributed by atoms with Gasteiger partial charge in [0.15, 0.2) is 0 Å². The van der Waals surface area contributed by atoms with Crippen LogP contribution in [0.5, 0.6) is 0 Å². The van der Waals surface area contributed by atoms with Crippen molar-refractivity contribution in [3.05, 3.63) is 34.9 Å². The Labute approximate surface area is 89.7 Å². The van der Waals surface area contributed by atoms with Gasteiger partial charge in [-0.1, -0.05) is 0 Å². The third-order valence-electron chi connectivity index (χ3n) is 1.58. The molecular weight excluding hydrogens is 216 g/mol. The second kappa shape index (κ2) is 4.84. The average molecular weight is 223 g/mol. The number of guanidine groups is 1. The highest BCUT2D eigenvalue weighted by atomic mass is 19.1. The zero-order valence-electron chi connectivity index (χ0n) is 7.98. The first kappa shape index (κ1) is 11.6. The number of nitrogens with two attached hydrogens (primary N) is 2. The normalized spacial score (nSPS) is 10.1. The molecule has 0 radical (unpaired) electrons. The molecule has 0 aliphatic heterocycles. The molecule has 0 amide bonds. The zero-order chi connectivity index (χ0) is 12.1. The zero-order valence-corrected chi connectivity index (χ0v) is 7.98. The van der Waals surface area contributed by atoms with Gasteiger partial charge >= 0.3 is 0 Å². The van der Waals surface area contributed by atoms with Gasteiger partial charge in [0.1, 0.15) is 17.7 Å². The Morgan fingerprint density at radius 2 is 2.00 bits per heavy atom. The van der Waals surface area contributed by atoms with Crippen LogP contribution in [0.4, 0.5) is 8.78 Å². The molecule has 0 aromatic heterocycles. The Kier molecular flexibility index (Phi) is 3.50. The lowest BCUT2D eigenvalue weighted by Crippen LogP contribution is -2.21. The molecule has 82 valence electrons. The maximum Gasteiger partial charge on any atom is 0.211 e. The van der Waals surface area contributed by atoms with Crippen molar-refractivity contribution in [1.82, 2.24) is 0 Å². The van der Waals surface area contributed by atoms with Crippen molar-refractivity contribution in [1.29, 1.82) is 5.26 Å². The molecule has 1 rings (SSSR count). The molecule has 0 fully saturated rings. The SMILES string of the molecule is N#Cc1cc(F)c(C=NN=C(N)N)cc1F. The van der Waals surface area contributed by atoms with Crippen LogP contribution in [0.15, 0.2) is 22.3 Å². The largest absolute Gasteiger partial charge is 0.369 e. The number of halogens is 2. The lowest BCUT2D eigenvalue weighted by molar-refractivity contribution is 0.595. The predicted octanol–water partition coefficient (Wildman–Crippen LogP) is 0.444. The summed E-state index contributed by atoms with van der Waals surface area (Å²) >= 11 is 0. The molecule has 0 saturated heterocycles. The maximum absolute atomic E-state index is 13.2. The first-order chi connectivity index (χ1) is 7.54. The second-order valence-electron chi connectivity index (χ2n) is 2.73. The summed E-state index contributed by atoms with van der Waals surface area (Å²) in [6, 6.07) is 3.11. The molecule has 0 aliphatic carbocycles. The van der Waals surface area contributed by atoms with Crippen LogP contribution in [0, 0.1) is 23.0 Å². The summed E-state index contributed by atoms with van der Waals surface area (Å²) in [6.45, 7) is 0. The molecule has 1 aromatic carbocycles. The highest BCUT2D eigenvalue weighted by Crippen LogP contribution is 2.12. The molecule has 16 heavy (non-hydrogen) atoms. The highest BCUT2D eigenvalue weighted by Gasteiger charge is 2.07. The van der Waals surface area contributed by atoms with Crippen LogP contribution < -0.4 is 11.5 Å². The van der Waals surface area contributed by atoms with Gasteiger partial charge in [-0.3, -0.25) is 0 Å². The maximum atomic E-state index is 13.2. The molecule has 0 saturated carbocycles. The number of hydrogen-bond acceptors (Lipinski definition) is 3. The van der Waals surface area contributed by atoms with E-state index in [9.17, 15) is 8.78 Å². The Morgan fingerprint density at radius 1 is 1.31 bits per heavy atom. The van der Waals surface area contributed by atoms with Gasteiger partial charge in [-0.25, -0.2) is 8.78 Å². The van der Waals surface area contributed by atoms with Crippen LogP contribution in [0.3, 0.4) is 0 Å². The lowest BCUT2D eigenvalue weighted by atomic mass is 10.1. The molecule has 0 unspecified atom stereocenters. The van der Waals surface area contributed by atoms with Gasteiger partial charge in [-0.2, -0.15) is 10.4 Å². The summed E-state index contributed by atoms with van der Waals surface area (Å²) in [5.41, 5.74) is 9.42. The minimum atomic E-state index is -0.838. The summed E-state index contributed by atoms with van der Waals surface area (Å²) in [6.07, 6.45) is 0.944. The third kappa shape index (κ3) is 2.75. The van der Waals surface area contributed by atoms with Crippen molar-refractivity contribution in [2.75, 3.05) is 0 Å². The van der Waals surface area contributed by atoms with E-state index in [4.69, 9.17) is 16.7 Å². The van der Waals surface area contributed by atoms with Crippen LogP contribution in [-0.4, -0.2) is 12.2 Å². The fraction of sp³-hybridized carbons (Fsp3) is 0. The van der Waals surface area contributed by atoms with E-state index in [1.807, 2.05) is 0 Å². The minimum absolute atomic E-state index is 0.151. The van der Waals surface area contributed by atoms with Gasteiger partial charge in [0.05, 0.1) is 11.8 Å². The molecule has 1 aromatic rings. The van der Waals surface area contributed by atoms with Gasteiger partial charge in [0.2, 0.25) is 5.96 Å². The standard InChI is InChI=1S/C9H7F2N5/c10-7-2-6(4-15-16-9(13)14)8(11)1-5(7)3-12/h1-2,4H,(H4,13,14,16). The van der Waals surface area contributed by atoms with Crippen molar-refractivity contribution in [2.24, 2.45) is 21.7 Å². The van der Waals surface area contributed by atoms with Crippen molar-refractivity contribution >= 4 is 12.2 Å². The van der Waals surface area contributed by atoms with Gasteiger partial charge < -0.3 is 11.5 Å². The molecule has 0 aliphatic rings. The molecular formula is C9H7F2N5. The average Bonchev–Trinajstić information content (AvgIpc) is 2.22. The Hall–Kier alpha value is -2.49. The van der Waals surface area contributed by atoms with Crippen LogP contribution in [0.25, 0.3) is 0 Å². The van der Waals surface area contributed by atoms with Crippen molar-refractivity contribution < 1.29 is 8.78 Å². The van der Waals surface area contributed by atoms with E-state index >= 15 is 0 Å². The van der Waals surface area contributed by atoms with E-state index in [0.29, 0.717) is 0 Å². The van der Waals surface area contributed by atoms with Crippen LogP contribution in [0.2, 0.25) is 0 Å². The quantitative estimate of drug-likeness (QED) is 0.432. The van der Waals surface area contributed by atoms with Gasteiger partial charge in [-0.15, -0.1) is 5.10 Å². The van der Waals surface area contributed by atoms with E-state index in [2.05, 4.69) is 10.2 Å². The van der Waals surface area contributed by atoms with Crippen LogP contribution in [-0.2, 0) is 0 Å². The third-order valence-corrected chi connectivity index (χ3v) is 1.58. The molecule has 0 bridgehead atoms. The Morgan fingerprint density at radius 3 is 2.56 bits per heavy atom. The summed E-state index contributed by atoms with van der Waals surface area (Å²) in [5.74, 6) is -1.92. The van der Waals surface area contributed by atoms with Gasteiger partial charge in [-0.05, 0) is 12.1 Å². The minimum Gasteiger partial charge on any atom is -0.369 e. The second-order valence-corrected chi connectivity index (χ2v) is 2.73. The van der Waals surface area contributed by atoms with E-state index in [1.165, 1.54) is 6.07 Å². The molecule has 0 atom stereocenters. The van der Waals surface area contributed by atoms with E-state index in [1.54, 1.807) is 0 Å². The number of hydrogen-bond donors (Lipinski definition) is 2. The van der Waals surface area contributed by atoms with Crippen LogP contribution in [0.1, 0.15) is 11.1 Å². The Balaban J connectivity index is 3.08. The van der Waals surface area contributed by atoms with Crippen molar-refractivity contribution in [3.63, 3.8) is 0 Å².